The molecule has 0 aliphatic carbocycles. The van der Waals surface area contributed by atoms with E-state index < -0.39 is 5.60 Å². The molecule has 0 aliphatic heterocycles. The first-order valence-electron chi connectivity index (χ1n) is 5.96. The minimum Gasteiger partial charge on any atom is -0.384 e. The Morgan fingerprint density at radius 2 is 1.74 bits per heavy atom. The Morgan fingerprint density at radius 3 is 2.37 bits per heavy atom. The fourth-order valence-electron chi connectivity index (χ4n) is 1.78. The smallest absolute Gasteiger partial charge is 0.104 e. The van der Waals surface area contributed by atoms with E-state index in [1.54, 1.807) is 19.1 Å². The maximum Gasteiger partial charge on any atom is 0.104 e. The fourth-order valence-corrected chi connectivity index (χ4v) is 2.08. The average molecular weight is 296 g/mol. The lowest BCUT2D eigenvalue weighted by atomic mass is 9.96. The Kier molecular flexibility index (Phi) is 4.35. The quantitative estimate of drug-likeness (QED) is 0.881. The van der Waals surface area contributed by atoms with Crippen LogP contribution in [0.5, 0.6) is 0 Å². The van der Waals surface area contributed by atoms with Gasteiger partial charge in [-0.05, 0) is 30.7 Å². The molecule has 100 valence electrons. The molecular weight excluding hydrogens is 281 g/mol. The first-order valence-corrected chi connectivity index (χ1v) is 6.71. The van der Waals surface area contributed by atoms with Gasteiger partial charge < -0.3 is 10.4 Å². The monoisotopic (exact) mass is 295 g/mol. The number of benzene rings is 2. The van der Waals surface area contributed by atoms with Crippen molar-refractivity contribution in [2.45, 2.75) is 12.5 Å². The molecule has 2 aromatic rings. The van der Waals surface area contributed by atoms with Gasteiger partial charge in [0.1, 0.15) is 5.60 Å². The molecule has 19 heavy (non-hydrogen) atoms. The predicted octanol–water partition coefficient (Wildman–Crippen LogP) is 4.31. The average Bonchev–Trinajstić information content (AvgIpc) is 2.41. The van der Waals surface area contributed by atoms with Crippen LogP contribution in [-0.2, 0) is 5.60 Å². The summed E-state index contributed by atoms with van der Waals surface area (Å²) >= 11 is 11.8. The van der Waals surface area contributed by atoms with Gasteiger partial charge in [-0.3, -0.25) is 0 Å². The van der Waals surface area contributed by atoms with E-state index in [2.05, 4.69) is 5.32 Å². The lowest BCUT2D eigenvalue weighted by Gasteiger charge is -2.25. The summed E-state index contributed by atoms with van der Waals surface area (Å²) in [7, 11) is 0. The zero-order valence-electron chi connectivity index (χ0n) is 10.5. The van der Waals surface area contributed by atoms with Crippen LogP contribution >= 0.6 is 23.2 Å². The van der Waals surface area contributed by atoms with Crippen LogP contribution in [0.3, 0.4) is 0 Å². The van der Waals surface area contributed by atoms with Gasteiger partial charge in [-0.1, -0.05) is 53.5 Å². The van der Waals surface area contributed by atoms with E-state index in [1.807, 2.05) is 36.4 Å². The number of nitrogens with one attached hydrogen (secondary N) is 1. The van der Waals surface area contributed by atoms with Crippen LogP contribution in [-0.4, -0.2) is 11.7 Å². The van der Waals surface area contributed by atoms with Crippen molar-refractivity contribution < 1.29 is 5.11 Å². The third-order valence-corrected chi connectivity index (χ3v) is 3.69. The second-order valence-electron chi connectivity index (χ2n) is 4.62. The lowest BCUT2D eigenvalue weighted by Crippen LogP contribution is -2.30. The first-order chi connectivity index (χ1) is 8.99. The van der Waals surface area contributed by atoms with Crippen molar-refractivity contribution in [2.24, 2.45) is 0 Å². The van der Waals surface area contributed by atoms with Crippen LogP contribution in [0.2, 0.25) is 10.0 Å². The molecule has 0 aliphatic rings. The van der Waals surface area contributed by atoms with Gasteiger partial charge in [-0.25, -0.2) is 0 Å². The second-order valence-corrected chi connectivity index (χ2v) is 5.44. The number of aliphatic hydroxyl groups is 1. The molecular formula is C15H15Cl2NO. The topological polar surface area (TPSA) is 32.3 Å². The summed E-state index contributed by atoms with van der Waals surface area (Å²) in [5.74, 6) is 0. The summed E-state index contributed by atoms with van der Waals surface area (Å²) in [5, 5.41) is 14.6. The highest BCUT2D eigenvalue weighted by Gasteiger charge is 2.22. The Labute approximate surface area is 123 Å². The number of rotatable bonds is 4. The molecule has 0 heterocycles. The van der Waals surface area contributed by atoms with Crippen molar-refractivity contribution in [2.75, 3.05) is 11.9 Å². The standard InChI is InChI=1S/C15H15Cl2NO/c1-15(19,11-5-3-2-4-6-11)10-18-12-7-8-13(16)14(17)9-12/h2-9,18-19H,10H2,1H3. The maximum atomic E-state index is 10.4. The molecule has 0 bridgehead atoms. The number of hydrogen-bond donors (Lipinski definition) is 2. The van der Waals surface area contributed by atoms with Crippen molar-refractivity contribution in [3.05, 3.63) is 64.1 Å². The summed E-state index contributed by atoms with van der Waals surface area (Å²) in [6.45, 7) is 2.15. The van der Waals surface area contributed by atoms with Crippen LogP contribution < -0.4 is 5.32 Å². The van der Waals surface area contributed by atoms with Crippen molar-refractivity contribution >= 4 is 28.9 Å². The molecule has 0 aromatic heterocycles. The van der Waals surface area contributed by atoms with Crippen LogP contribution in [0, 0.1) is 0 Å². The van der Waals surface area contributed by atoms with E-state index in [-0.39, 0.29) is 0 Å². The van der Waals surface area contributed by atoms with E-state index in [0.717, 1.165) is 11.3 Å². The molecule has 1 unspecified atom stereocenters. The van der Waals surface area contributed by atoms with Gasteiger partial charge >= 0.3 is 0 Å². The molecule has 2 nitrogen and oxygen atoms in total. The van der Waals surface area contributed by atoms with E-state index in [0.29, 0.717) is 16.6 Å². The van der Waals surface area contributed by atoms with Crippen LogP contribution in [0.15, 0.2) is 48.5 Å². The van der Waals surface area contributed by atoms with Gasteiger partial charge in [-0.15, -0.1) is 0 Å². The summed E-state index contributed by atoms with van der Waals surface area (Å²) < 4.78 is 0. The largest absolute Gasteiger partial charge is 0.384 e. The summed E-state index contributed by atoms with van der Waals surface area (Å²) in [6.07, 6.45) is 0. The van der Waals surface area contributed by atoms with Gasteiger partial charge in [-0.2, -0.15) is 0 Å². The number of hydrogen-bond acceptors (Lipinski definition) is 2. The molecule has 0 saturated carbocycles. The summed E-state index contributed by atoms with van der Waals surface area (Å²) in [5.41, 5.74) is 0.737. The molecule has 2 rings (SSSR count). The van der Waals surface area contributed by atoms with Crippen molar-refractivity contribution in [3.63, 3.8) is 0 Å². The molecule has 0 amide bonds. The van der Waals surface area contributed by atoms with Crippen molar-refractivity contribution in [1.82, 2.24) is 0 Å². The van der Waals surface area contributed by atoms with Crippen LogP contribution in [0.4, 0.5) is 5.69 Å². The zero-order chi connectivity index (χ0) is 13.9. The van der Waals surface area contributed by atoms with Gasteiger partial charge in [0.25, 0.3) is 0 Å². The van der Waals surface area contributed by atoms with E-state index >= 15 is 0 Å². The van der Waals surface area contributed by atoms with Gasteiger partial charge in [0.05, 0.1) is 10.0 Å². The van der Waals surface area contributed by atoms with E-state index in [9.17, 15) is 5.11 Å². The molecule has 0 spiro atoms. The van der Waals surface area contributed by atoms with Crippen LogP contribution in [0.25, 0.3) is 0 Å². The third-order valence-electron chi connectivity index (χ3n) is 2.95. The Balaban J connectivity index is 2.07. The third kappa shape index (κ3) is 3.63. The van der Waals surface area contributed by atoms with Gasteiger partial charge in [0.15, 0.2) is 0 Å². The Morgan fingerprint density at radius 1 is 1.05 bits per heavy atom. The highest BCUT2D eigenvalue weighted by Crippen LogP contribution is 2.26. The minimum atomic E-state index is -0.951. The predicted molar refractivity (Wildman–Crippen MR) is 81.0 cm³/mol. The molecule has 0 radical (unpaired) electrons. The van der Waals surface area contributed by atoms with E-state index in [4.69, 9.17) is 23.2 Å². The first kappa shape index (κ1) is 14.2. The van der Waals surface area contributed by atoms with Crippen molar-refractivity contribution in [3.8, 4) is 0 Å². The second kappa shape index (κ2) is 5.83. The number of anilines is 1. The molecule has 0 fully saturated rings. The molecule has 4 heteroatoms. The molecule has 2 aromatic carbocycles. The minimum absolute atomic E-state index is 0.384. The Hall–Kier alpha value is -1.22. The Bertz CT molecular complexity index is 555. The van der Waals surface area contributed by atoms with Gasteiger partial charge in [0, 0.05) is 12.2 Å². The summed E-state index contributed by atoms with van der Waals surface area (Å²) in [4.78, 5) is 0. The highest BCUT2D eigenvalue weighted by atomic mass is 35.5. The maximum absolute atomic E-state index is 10.4. The van der Waals surface area contributed by atoms with Crippen LogP contribution in [0.1, 0.15) is 12.5 Å². The van der Waals surface area contributed by atoms with E-state index in [1.165, 1.54) is 0 Å². The normalized spacial score (nSPS) is 13.9. The molecule has 2 N–H and O–H groups in total. The molecule has 0 saturated heterocycles. The SMILES string of the molecule is CC(O)(CNc1ccc(Cl)c(Cl)c1)c1ccccc1. The highest BCUT2D eigenvalue weighted by molar-refractivity contribution is 6.42. The number of halogens is 2. The molecule has 1 atom stereocenters. The lowest BCUT2D eigenvalue weighted by molar-refractivity contribution is 0.0715. The van der Waals surface area contributed by atoms with Gasteiger partial charge in [0.2, 0.25) is 0 Å². The van der Waals surface area contributed by atoms with Crippen molar-refractivity contribution in [1.29, 1.82) is 0 Å². The fraction of sp³-hybridized carbons (Fsp3) is 0.200. The summed E-state index contributed by atoms with van der Waals surface area (Å²) in [6, 6.07) is 14.8. The zero-order valence-corrected chi connectivity index (χ0v) is 12.0.